The van der Waals surface area contributed by atoms with Crippen LogP contribution in [0.2, 0.25) is 0 Å². The zero-order chi connectivity index (χ0) is 11.4. The lowest BCUT2D eigenvalue weighted by Crippen LogP contribution is -2.27. The molecule has 0 radical (unpaired) electrons. The predicted octanol–water partition coefficient (Wildman–Crippen LogP) is 1.77. The maximum absolute atomic E-state index is 11.4. The number of hydrogen-bond acceptors (Lipinski definition) is 3. The van der Waals surface area contributed by atoms with Gasteiger partial charge in [0, 0.05) is 30.2 Å². The third kappa shape index (κ3) is 3.64. The Labute approximate surface area is 94.4 Å². The van der Waals surface area contributed by atoms with E-state index in [1.165, 1.54) is 11.3 Å². The summed E-state index contributed by atoms with van der Waals surface area (Å²) in [4.78, 5) is 11.5. The van der Waals surface area contributed by atoms with E-state index in [0.717, 1.165) is 17.8 Å². The van der Waals surface area contributed by atoms with Crippen LogP contribution in [-0.2, 0) is 6.54 Å². The lowest BCUT2D eigenvalue weighted by Gasteiger charge is -2.11. The van der Waals surface area contributed by atoms with Gasteiger partial charge < -0.3 is 5.32 Å². The first kappa shape index (κ1) is 12.2. The minimum Gasteiger partial charge on any atom is -0.311 e. The average molecular weight is 226 g/mol. The molecule has 4 heteroatoms. The molecule has 0 bridgehead atoms. The number of thiazole rings is 1. The Bertz CT molecular complexity index is 390. The van der Waals surface area contributed by atoms with Crippen molar-refractivity contribution in [2.24, 2.45) is 0 Å². The van der Waals surface area contributed by atoms with Crippen molar-refractivity contribution in [1.29, 1.82) is 0 Å². The molecule has 1 N–H and O–H groups in total. The van der Waals surface area contributed by atoms with Crippen molar-refractivity contribution in [2.45, 2.75) is 33.4 Å². The second-order valence-corrected chi connectivity index (χ2v) is 4.84. The van der Waals surface area contributed by atoms with Crippen LogP contribution in [0.5, 0.6) is 0 Å². The highest BCUT2D eigenvalue weighted by molar-refractivity contribution is 7.07. The van der Waals surface area contributed by atoms with Gasteiger partial charge in [-0.25, -0.2) is 0 Å². The molecule has 0 aliphatic carbocycles. The summed E-state index contributed by atoms with van der Waals surface area (Å²) in [6.45, 7) is 11.5. The van der Waals surface area contributed by atoms with Crippen molar-refractivity contribution in [3.63, 3.8) is 0 Å². The highest BCUT2D eigenvalue weighted by Crippen LogP contribution is 2.02. The van der Waals surface area contributed by atoms with E-state index in [1.807, 2.05) is 12.3 Å². The van der Waals surface area contributed by atoms with Gasteiger partial charge in [0.05, 0.1) is 0 Å². The first-order valence-corrected chi connectivity index (χ1v) is 5.93. The molecule has 0 aliphatic heterocycles. The van der Waals surface area contributed by atoms with E-state index in [2.05, 4.69) is 25.7 Å². The van der Waals surface area contributed by atoms with Crippen LogP contribution in [0.3, 0.4) is 0 Å². The van der Waals surface area contributed by atoms with E-state index in [4.69, 9.17) is 0 Å². The quantitative estimate of drug-likeness (QED) is 0.776. The van der Waals surface area contributed by atoms with Gasteiger partial charge in [-0.2, -0.15) is 0 Å². The van der Waals surface area contributed by atoms with Gasteiger partial charge in [-0.3, -0.25) is 9.36 Å². The van der Waals surface area contributed by atoms with Crippen molar-refractivity contribution in [3.8, 4) is 0 Å². The SMILES string of the molecule is C=C(CNC(C)C)Cn1c(C)csc1=O. The van der Waals surface area contributed by atoms with Crippen LogP contribution in [0.1, 0.15) is 19.5 Å². The van der Waals surface area contributed by atoms with E-state index in [-0.39, 0.29) is 4.87 Å². The molecule has 1 rings (SSSR count). The largest absolute Gasteiger partial charge is 0.311 e. The average Bonchev–Trinajstić information content (AvgIpc) is 2.46. The van der Waals surface area contributed by atoms with Gasteiger partial charge >= 0.3 is 4.87 Å². The van der Waals surface area contributed by atoms with Crippen molar-refractivity contribution in [3.05, 3.63) is 32.9 Å². The number of hydrogen-bond donors (Lipinski definition) is 1. The number of nitrogens with one attached hydrogen (secondary N) is 1. The fourth-order valence-corrected chi connectivity index (χ4v) is 1.96. The normalized spacial score (nSPS) is 10.9. The minimum atomic E-state index is 0.0956. The van der Waals surface area contributed by atoms with Crippen molar-refractivity contribution >= 4 is 11.3 Å². The first-order chi connectivity index (χ1) is 7.00. The zero-order valence-corrected chi connectivity index (χ0v) is 10.4. The highest BCUT2D eigenvalue weighted by Gasteiger charge is 2.04. The van der Waals surface area contributed by atoms with Crippen molar-refractivity contribution in [2.75, 3.05) is 6.54 Å². The third-order valence-electron chi connectivity index (χ3n) is 2.12. The predicted molar refractivity (Wildman–Crippen MR) is 65.6 cm³/mol. The Morgan fingerprint density at radius 2 is 2.33 bits per heavy atom. The lowest BCUT2D eigenvalue weighted by molar-refractivity contribution is 0.599. The van der Waals surface area contributed by atoms with E-state index in [9.17, 15) is 4.79 Å². The fourth-order valence-electron chi connectivity index (χ4n) is 1.22. The molecule has 0 saturated carbocycles. The summed E-state index contributed by atoms with van der Waals surface area (Å²) < 4.78 is 1.76. The maximum Gasteiger partial charge on any atom is 0.307 e. The Morgan fingerprint density at radius 1 is 1.67 bits per heavy atom. The fraction of sp³-hybridized carbons (Fsp3) is 0.545. The number of rotatable bonds is 5. The van der Waals surface area contributed by atoms with Crippen LogP contribution in [0.15, 0.2) is 22.3 Å². The van der Waals surface area contributed by atoms with Crippen LogP contribution in [-0.4, -0.2) is 17.2 Å². The van der Waals surface area contributed by atoms with E-state index in [1.54, 1.807) is 4.57 Å². The number of aromatic nitrogens is 1. The summed E-state index contributed by atoms with van der Waals surface area (Å²) in [5.74, 6) is 0. The molecular formula is C11H18N2OS. The summed E-state index contributed by atoms with van der Waals surface area (Å²) in [5.41, 5.74) is 2.04. The van der Waals surface area contributed by atoms with Crippen LogP contribution in [0, 0.1) is 6.92 Å². The third-order valence-corrected chi connectivity index (χ3v) is 3.00. The molecule has 1 aromatic heterocycles. The summed E-state index contributed by atoms with van der Waals surface area (Å²) in [7, 11) is 0. The molecule has 0 saturated heterocycles. The molecular weight excluding hydrogens is 208 g/mol. The van der Waals surface area contributed by atoms with Gasteiger partial charge in [0.15, 0.2) is 0 Å². The minimum absolute atomic E-state index is 0.0956. The first-order valence-electron chi connectivity index (χ1n) is 5.05. The van der Waals surface area contributed by atoms with E-state index in [0.29, 0.717) is 12.6 Å². The molecule has 0 aromatic carbocycles. The Balaban J connectivity index is 2.55. The molecule has 3 nitrogen and oxygen atoms in total. The summed E-state index contributed by atoms with van der Waals surface area (Å²) >= 11 is 1.24. The highest BCUT2D eigenvalue weighted by atomic mass is 32.1. The van der Waals surface area contributed by atoms with Gasteiger partial charge in [0.1, 0.15) is 0 Å². The molecule has 0 atom stereocenters. The van der Waals surface area contributed by atoms with Gasteiger partial charge in [0.25, 0.3) is 0 Å². The zero-order valence-electron chi connectivity index (χ0n) is 9.54. The maximum atomic E-state index is 11.4. The lowest BCUT2D eigenvalue weighted by atomic mass is 10.2. The molecule has 0 spiro atoms. The summed E-state index contributed by atoms with van der Waals surface area (Å²) in [5, 5.41) is 5.17. The topological polar surface area (TPSA) is 34.0 Å². The molecule has 1 heterocycles. The van der Waals surface area contributed by atoms with Gasteiger partial charge in [-0.15, -0.1) is 0 Å². The van der Waals surface area contributed by atoms with E-state index < -0.39 is 0 Å². The Morgan fingerprint density at radius 3 is 2.80 bits per heavy atom. The van der Waals surface area contributed by atoms with Gasteiger partial charge in [-0.1, -0.05) is 31.8 Å². The van der Waals surface area contributed by atoms with Crippen LogP contribution >= 0.6 is 11.3 Å². The van der Waals surface area contributed by atoms with Crippen LogP contribution in [0.25, 0.3) is 0 Å². The Kier molecular flexibility index (Phi) is 4.29. The number of nitrogens with zero attached hydrogens (tertiary/aromatic N) is 1. The summed E-state index contributed by atoms with van der Waals surface area (Å²) in [6, 6.07) is 0.446. The van der Waals surface area contributed by atoms with Crippen LogP contribution < -0.4 is 10.2 Å². The Hall–Kier alpha value is -0.870. The molecule has 0 unspecified atom stereocenters. The molecule has 15 heavy (non-hydrogen) atoms. The second-order valence-electron chi connectivity index (χ2n) is 4.01. The molecule has 1 aromatic rings. The molecule has 0 amide bonds. The molecule has 0 aliphatic rings. The van der Waals surface area contributed by atoms with E-state index >= 15 is 0 Å². The smallest absolute Gasteiger partial charge is 0.307 e. The van der Waals surface area contributed by atoms with Gasteiger partial charge in [-0.05, 0) is 12.5 Å². The number of aryl methyl sites for hydroxylation is 1. The molecule has 84 valence electrons. The monoisotopic (exact) mass is 226 g/mol. The molecule has 0 fully saturated rings. The van der Waals surface area contributed by atoms with Crippen molar-refractivity contribution in [1.82, 2.24) is 9.88 Å². The van der Waals surface area contributed by atoms with Gasteiger partial charge in [0.2, 0.25) is 0 Å². The standard InChI is InChI=1S/C11H18N2OS/c1-8(2)12-5-9(3)6-13-10(4)7-15-11(13)14/h7-8,12H,3,5-6H2,1-2,4H3. The summed E-state index contributed by atoms with van der Waals surface area (Å²) in [6.07, 6.45) is 0. The van der Waals surface area contributed by atoms with Crippen LogP contribution in [0.4, 0.5) is 0 Å². The van der Waals surface area contributed by atoms with Crippen molar-refractivity contribution < 1.29 is 0 Å². The second kappa shape index (κ2) is 5.28.